The second-order valence-electron chi connectivity index (χ2n) is 8.14. The van der Waals surface area contributed by atoms with Crippen LogP contribution >= 0.6 is 11.6 Å². The van der Waals surface area contributed by atoms with Crippen molar-refractivity contribution in [2.24, 2.45) is 5.92 Å². The molecule has 1 N–H and O–H groups in total. The number of benzene rings is 1. The number of carbonyl (C=O) groups is 2. The van der Waals surface area contributed by atoms with Crippen LogP contribution in [0.3, 0.4) is 0 Å². The molecule has 2 fully saturated rings. The van der Waals surface area contributed by atoms with Gasteiger partial charge in [0, 0.05) is 42.8 Å². The molecule has 3 rings (SSSR count). The normalized spacial score (nSPS) is 20.8. The number of hydrogen-bond donors (Lipinski definition) is 1. The lowest BCUT2D eigenvalue weighted by atomic mass is 9.94. The minimum atomic E-state index is -0.0655. The fourth-order valence-corrected chi connectivity index (χ4v) is 4.49. The predicted octanol–water partition coefficient (Wildman–Crippen LogP) is 3.57. The molecular weight excluding hydrogens is 374 g/mol. The molecule has 1 aliphatic carbocycles. The average Bonchev–Trinajstić information content (AvgIpc) is 3.23. The van der Waals surface area contributed by atoms with E-state index in [9.17, 15) is 9.59 Å². The summed E-state index contributed by atoms with van der Waals surface area (Å²) in [6.07, 6.45) is 5.62. The molecular formula is C22H32ClN3O2. The molecule has 0 radical (unpaired) electrons. The molecule has 154 valence electrons. The monoisotopic (exact) mass is 405 g/mol. The Morgan fingerprint density at radius 3 is 2.29 bits per heavy atom. The lowest BCUT2D eigenvalue weighted by Gasteiger charge is -2.41. The summed E-state index contributed by atoms with van der Waals surface area (Å²) in [6, 6.07) is 7.19. The summed E-state index contributed by atoms with van der Waals surface area (Å²) in [4.78, 5) is 30.0. The molecule has 0 bridgehead atoms. The number of amides is 2. The number of halogens is 1. The summed E-state index contributed by atoms with van der Waals surface area (Å²) in [7, 11) is 0. The van der Waals surface area contributed by atoms with E-state index in [1.54, 1.807) is 24.3 Å². The molecule has 0 spiro atoms. The maximum absolute atomic E-state index is 13.0. The van der Waals surface area contributed by atoms with Gasteiger partial charge in [-0.3, -0.25) is 14.5 Å². The van der Waals surface area contributed by atoms with Crippen molar-refractivity contribution < 1.29 is 9.59 Å². The van der Waals surface area contributed by atoms with Crippen molar-refractivity contribution >= 4 is 23.4 Å². The van der Waals surface area contributed by atoms with E-state index in [1.165, 1.54) is 12.8 Å². The molecule has 5 nitrogen and oxygen atoms in total. The van der Waals surface area contributed by atoms with Crippen LogP contribution in [-0.2, 0) is 4.79 Å². The van der Waals surface area contributed by atoms with E-state index < -0.39 is 0 Å². The second-order valence-corrected chi connectivity index (χ2v) is 8.58. The van der Waals surface area contributed by atoms with Crippen LogP contribution in [0.1, 0.15) is 56.3 Å². The van der Waals surface area contributed by atoms with Gasteiger partial charge in [-0.25, -0.2) is 0 Å². The zero-order chi connectivity index (χ0) is 20.1. The van der Waals surface area contributed by atoms with Crippen molar-refractivity contribution in [3.63, 3.8) is 0 Å². The summed E-state index contributed by atoms with van der Waals surface area (Å²) in [5, 5.41) is 3.83. The molecule has 0 unspecified atom stereocenters. The van der Waals surface area contributed by atoms with Crippen molar-refractivity contribution in [2.75, 3.05) is 26.2 Å². The number of piperazine rings is 1. The van der Waals surface area contributed by atoms with Crippen LogP contribution in [0.25, 0.3) is 0 Å². The van der Waals surface area contributed by atoms with Gasteiger partial charge in [-0.15, -0.1) is 0 Å². The Morgan fingerprint density at radius 1 is 1.11 bits per heavy atom. The topological polar surface area (TPSA) is 52.7 Å². The van der Waals surface area contributed by atoms with Crippen LogP contribution < -0.4 is 5.32 Å². The van der Waals surface area contributed by atoms with Crippen LogP contribution in [0, 0.1) is 5.92 Å². The first-order valence-electron chi connectivity index (χ1n) is 10.6. The largest absolute Gasteiger partial charge is 0.352 e. The molecule has 2 aliphatic rings. The molecule has 1 aromatic rings. The number of carbonyl (C=O) groups excluding carboxylic acids is 2. The first-order chi connectivity index (χ1) is 13.5. The standard InChI is InChI=1S/C22H32ClN3O2/c1-3-16(2)24-21(27)20(17-6-4-5-7-17)25-12-14-26(15-13-25)22(28)18-8-10-19(23)11-9-18/h8-11,16-17,20H,3-7,12-15H2,1-2H3,(H,24,27)/t16-,20+/m1/s1. The number of nitrogens with one attached hydrogen (secondary N) is 1. The fourth-order valence-electron chi connectivity index (χ4n) is 4.36. The Balaban J connectivity index is 1.63. The highest BCUT2D eigenvalue weighted by Crippen LogP contribution is 2.31. The summed E-state index contributed by atoms with van der Waals surface area (Å²) in [6.45, 7) is 6.95. The number of nitrogens with zero attached hydrogens (tertiary/aromatic N) is 2. The van der Waals surface area contributed by atoms with Crippen LogP contribution in [0.2, 0.25) is 5.02 Å². The van der Waals surface area contributed by atoms with Crippen LogP contribution in [-0.4, -0.2) is 59.9 Å². The summed E-state index contributed by atoms with van der Waals surface area (Å²) in [5.74, 6) is 0.638. The third kappa shape index (κ3) is 5.06. The van der Waals surface area contributed by atoms with Crippen molar-refractivity contribution in [3.8, 4) is 0 Å². The molecule has 2 amide bonds. The van der Waals surface area contributed by atoms with Gasteiger partial charge < -0.3 is 10.2 Å². The predicted molar refractivity (Wildman–Crippen MR) is 113 cm³/mol. The highest BCUT2D eigenvalue weighted by molar-refractivity contribution is 6.30. The molecule has 6 heteroatoms. The quantitative estimate of drug-likeness (QED) is 0.787. The molecule has 1 aromatic carbocycles. The summed E-state index contributed by atoms with van der Waals surface area (Å²) >= 11 is 5.92. The van der Waals surface area contributed by atoms with E-state index in [0.717, 1.165) is 32.4 Å². The number of rotatable bonds is 6. The fraction of sp³-hybridized carbons (Fsp3) is 0.636. The third-order valence-corrected chi connectivity index (χ3v) is 6.45. The lowest BCUT2D eigenvalue weighted by molar-refractivity contribution is -0.129. The van der Waals surface area contributed by atoms with Crippen LogP contribution in [0.4, 0.5) is 0 Å². The van der Waals surface area contributed by atoms with Gasteiger partial charge in [-0.1, -0.05) is 31.4 Å². The summed E-state index contributed by atoms with van der Waals surface area (Å²) in [5.41, 5.74) is 0.666. The maximum Gasteiger partial charge on any atom is 0.253 e. The van der Waals surface area contributed by atoms with Gasteiger partial charge in [0.2, 0.25) is 5.91 Å². The highest BCUT2D eigenvalue weighted by atomic mass is 35.5. The van der Waals surface area contributed by atoms with Crippen molar-refractivity contribution in [2.45, 2.75) is 58.0 Å². The molecule has 2 atom stereocenters. The molecule has 1 aliphatic heterocycles. The van der Waals surface area contributed by atoms with E-state index in [-0.39, 0.29) is 23.9 Å². The SMILES string of the molecule is CC[C@@H](C)NC(=O)[C@H](C1CCCC1)N1CCN(C(=O)c2ccc(Cl)cc2)CC1. The Morgan fingerprint density at radius 2 is 1.71 bits per heavy atom. The maximum atomic E-state index is 13.0. The van der Waals surface area contributed by atoms with Crippen LogP contribution in [0.15, 0.2) is 24.3 Å². The molecule has 1 heterocycles. The van der Waals surface area contributed by atoms with E-state index in [0.29, 0.717) is 29.6 Å². The molecule has 28 heavy (non-hydrogen) atoms. The van der Waals surface area contributed by atoms with Gasteiger partial charge in [0.25, 0.3) is 5.91 Å². The van der Waals surface area contributed by atoms with Crippen molar-refractivity contribution in [3.05, 3.63) is 34.9 Å². The number of hydrogen-bond acceptors (Lipinski definition) is 3. The van der Waals surface area contributed by atoms with E-state index in [2.05, 4.69) is 24.1 Å². The van der Waals surface area contributed by atoms with Gasteiger partial charge in [-0.05, 0) is 56.4 Å². The van der Waals surface area contributed by atoms with Gasteiger partial charge in [-0.2, -0.15) is 0 Å². The van der Waals surface area contributed by atoms with E-state index in [4.69, 9.17) is 11.6 Å². The smallest absolute Gasteiger partial charge is 0.253 e. The zero-order valence-electron chi connectivity index (χ0n) is 17.0. The van der Waals surface area contributed by atoms with Gasteiger partial charge >= 0.3 is 0 Å². The zero-order valence-corrected chi connectivity index (χ0v) is 17.8. The van der Waals surface area contributed by atoms with Crippen molar-refractivity contribution in [1.29, 1.82) is 0 Å². The molecule has 1 saturated heterocycles. The van der Waals surface area contributed by atoms with Crippen LogP contribution in [0.5, 0.6) is 0 Å². The van der Waals surface area contributed by atoms with E-state index in [1.807, 2.05) is 4.90 Å². The molecule has 1 saturated carbocycles. The molecule has 0 aromatic heterocycles. The van der Waals surface area contributed by atoms with E-state index >= 15 is 0 Å². The first kappa shape index (κ1) is 21.1. The Labute approximate surface area is 173 Å². The Kier molecular flexibility index (Phi) is 7.36. The second kappa shape index (κ2) is 9.75. The Bertz CT molecular complexity index is 665. The minimum absolute atomic E-state index is 0.0396. The van der Waals surface area contributed by atoms with Gasteiger partial charge in [0.05, 0.1) is 6.04 Å². The average molecular weight is 406 g/mol. The minimum Gasteiger partial charge on any atom is -0.352 e. The van der Waals surface area contributed by atoms with Gasteiger partial charge in [0.15, 0.2) is 0 Å². The third-order valence-electron chi connectivity index (χ3n) is 6.20. The lowest BCUT2D eigenvalue weighted by Crippen LogP contribution is -2.58. The Hall–Kier alpha value is -1.59. The summed E-state index contributed by atoms with van der Waals surface area (Å²) < 4.78 is 0. The highest BCUT2D eigenvalue weighted by Gasteiger charge is 2.37. The first-order valence-corrected chi connectivity index (χ1v) is 11.0. The van der Waals surface area contributed by atoms with Gasteiger partial charge in [0.1, 0.15) is 0 Å². The van der Waals surface area contributed by atoms with Crippen molar-refractivity contribution in [1.82, 2.24) is 15.1 Å².